The largest absolute Gasteiger partial charge is 0.477 e. The lowest BCUT2D eigenvalue weighted by Gasteiger charge is -2.35. The Hall–Kier alpha value is -4.32. The summed E-state index contributed by atoms with van der Waals surface area (Å²) in [6, 6.07) is 15.5. The van der Waals surface area contributed by atoms with Gasteiger partial charge in [0.25, 0.3) is 5.91 Å². The lowest BCUT2D eigenvalue weighted by molar-refractivity contribution is -0.127. The first-order valence-electron chi connectivity index (χ1n) is 11.2. The van der Waals surface area contributed by atoms with E-state index in [1.807, 2.05) is 30.5 Å². The fourth-order valence-corrected chi connectivity index (χ4v) is 4.20. The number of aromatic nitrogens is 1. The van der Waals surface area contributed by atoms with Crippen molar-refractivity contribution in [3.63, 3.8) is 0 Å². The van der Waals surface area contributed by atoms with Crippen LogP contribution in [-0.4, -0.2) is 42.6 Å². The molecule has 0 unspecified atom stereocenters. The molecule has 0 saturated heterocycles. The first-order chi connectivity index (χ1) is 16.8. The van der Waals surface area contributed by atoms with Crippen molar-refractivity contribution in [3.05, 3.63) is 76.7 Å². The van der Waals surface area contributed by atoms with Gasteiger partial charge in [0, 0.05) is 19.3 Å². The standard InChI is InChI=1S/C26H26FN5O3/c1-16-17(2)32(13-18-8-10-19(27)11-9-18)25(20(16)12-28)30-24(33)15-31-14-23(26(34)29-3)35-22-7-5-4-6-21(22)31/h4-11,23H,13-15H2,1-3H3,(H,29,34)(H,30,33)/t23-/m1/s1. The molecule has 2 amide bonds. The zero-order chi connectivity index (χ0) is 25.1. The molecular weight excluding hydrogens is 449 g/mol. The fraction of sp³-hybridized carbons (Fsp3) is 0.269. The Morgan fingerprint density at radius 2 is 1.89 bits per heavy atom. The topological polar surface area (TPSA) is 99.4 Å². The zero-order valence-corrected chi connectivity index (χ0v) is 19.8. The van der Waals surface area contributed by atoms with Gasteiger partial charge in [-0.1, -0.05) is 24.3 Å². The number of hydrogen-bond donors (Lipinski definition) is 2. The van der Waals surface area contributed by atoms with Crippen LogP contribution in [0.2, 0.25) is 0 Å². The molecule has 0 radical (unpaired) electrons. The highest BCUT2D eigenvalue weighted by atomic mass is 19.1. The van der Waals surface area contributed by atoms with Crippen molar-refractivity contribution < 1.29 is 18.7 Å². The minimum Gasteiger partial charge on any atom is -0.477 e. The number of likely N-dealkylation sites (N-methyl/N-ethyl adjacent to an activating group) is 1. The molecule has 0 bridgehead atoms. The SMILES string of the molecule is CNC(=O)[C@H]1CN(CC(=O)Nc2c(C#N)c(C)c(C)n2Cc2ccc(F)cc2)c2ccccc2O1. The summed E-state index contributed by atoms with van der Waals surface area (Å²) in [5.41, 5.74) is 3.51. The van der Waals surface area contributed by atoms with Gasteiger partial charge in [-0.05, 0) is 49.2 Å². The molecule has 4 rings (SSSR count). The van der Waals surface area contributed by atoms with Gasteiger partial charge < -0.3 is 24.8 Å². The number of anilines is 2. The van der Waals surface area contributed by atoms with Gasteiger partial charge in [0.1, 0.15) is 23.5 Å². The van der Waals surface area contributed by atoms with E-state index in [-0.39, 0.29) is 30.7 Å². The lowest BCUT2D eigenvalue weighted by Crippen LogP contribution is -2.50. The summed E-state index contributed by atoms with van der Waals surface area (Å²) in [5.74, 6) is -0.0467. The van der Waals surface area contributed by atoms with Gasteiger partial charge >= 0.3 is 0 Å². The summed E-state index contributed by atoms with van der Waals surface area (Å²) in [6.07, 6.45) is -0.760. The second kappa shape index (κ2) is 9.89. The number of benzene rings is 2. The second-order valence-corrected chi connectivity index (χ2v) is 8.38. The van der Waals surface area contributed by atoms with Crippen LogP contribution in [0.15, 0.2) is 48.5 Å². The van der Waals surface area contributed by atoms with E-state index in [9.17, 15) is 19.2 Å². The average molecular weight is 476 g/mol. The molecule has 2 heterocycles. The maximum Gasteiger partial charge on any atom is 0.262 e. The first-order valence-corrected chi connectivity index (χ1v) is 11.2. The van der Waals surface area contributed by atoms with Crippen LogP contribution in [0.1, 0.15) is 22.4 Å². The summed E-state index contributed by atoms with van der Waals surface area (Å²) in [7, 11) is 1.53. The Bertz CT molecular complexity index is 1310. The fourth-order valence-electron chi connectivity index (χ4n) is 4.20. The van der Waals surface area contributed by atoms with Gasteiger partial charge in [0.15, 0.2) is 6.10 Å². The number of ether oxygens (including phenoxy) is 1. The summed E-state index contributed by atoms with van der Waals surface area (Å²) >= 11 is 0. The highest BCUT2D eigenvalue weighted by Gasteiger charge is 2.31. The zero-order valence-electron chi connectivity index (χ0n) is 19.8. The van der Waals surface area contributed by atoms with Crippen molar-refractivity contribution in [3.8, 4) is 11.8 Å². The Labute approximate surface area is 202 Å². The predicted octanol–water partition coefficient (Wildman–Crippen LogP) is 3.12. The summed E-state index contributed by atoms with van der Waals surface area (Å²) in [5, 5.41) is 15.3. The Morgan fingerprint density at radius 1 is 1.17 bits per heavy atom. The number of nitrogens with zero attached hydrogens (tertiary/aromatic N) is 3. The van der Waals surface area contributed by atoms with E-state index in [1.165, 1.54) is 19.2 Å². The molecule has 1 aromatic heterocycles. The van der Waals surface area contributed by atoms with E-state index >= 15 is 0 Å². The summed E-state index contributed by atoms with van der Waals surface area (Å²) in [4.78, 5) is 27.2. The molecular formula is C26H26FN5O3. The Kier molecular flexibility index (Phi) is 6.73. The van der Waals surface area contributed by atoms with Gasteiger partial charge in [-0.25, -0.2) is 4.39 Å². The third-order valence-corrected chi connectivity index (χ3v) is 6.19. The summed E-state index contributed by atoms with van der Waals surface area (Å²) < 4.78 is 21.0. The number of hydrogen-bond acceptors (Lipinski definition) is 5. The van der Waals surface area contributed by atoms with E-state index in [4.69, 9.17) is 4.74 Å². The number of fused-ring (bicyclic) bond motifs is 1. The number of nitriles is 1. The molecule has 0 saturated carbocycles. The Balaban J connectivity index is 1.60. The van der Waals surface area contributed by atoms with Crippen molar-refractivity contribution in [2.45, 2.75) is 26.5 Å². The van der Waals surface area contributed by atoms with Crippen molar-refractivity contribution in [1.82, 2.24) is 9.88 Å². The van der Waals surface area contributed by atoms with E-state index in [1.54, 1.807) is 29.2 Å². The van der Waals surface area contributed by atoms with Gasteiger partial charge in [-0.15, -0.1) is 0 Å². The van der Waals surface area contributed by atoms with Crippen LogP contribution in [0.4, 0.5) is 15.9 Å². The molecule has 35 heavy (non-hydrogen) atoms. The van der Waals surface area contributed by atoms with Gasteiger partial charge in [-0.2, -0.15) is 5.26 Å². The number of carbonyl (C=O) groups is 2. The van der Waals surface area contributed by atoms with Crippen molar-refractivity contribution in [1.29, 1.82) is 5.26 Å². The van der Waals surface area contributed by atoms with Gasteiger partial charge in [0.05, 0.1) is 24.3 Å². The lowest BCUT2D eigenvalue weighted by atomic mass is 10.1. The third kappa shape index (κ3) is 4.82. The minimum absolute atomic E-state index is 0.0431. The molecule has 2 N–H and O–H groups in total. The molecule has 3 aromatic rings. The molecule has 1 aliphatic heterocycles. The number of rotatable bonds is 6. The third-order valence-electron chi connectivity index (χ3n) is 6.19. The summed E-state index contributed by atoms with van der Waals surface area (Å²) in [6.45, 7) is 4.23. The average Bonchev–Trinajstić information content (AvgIpc) is 3.08. The van der Waals surface area contributed by atoms with E-state index in [2.05, 4.69) is 16.7 Å². The molecule has 0 aliphatic carbocycles. The van der Waals surface area contributed by atoms with Gasteiger partial charge in [0.2, 0.25) is 5.91 Å². The second-order valence-electron chi connectivity index (χ2n) is 8.38. The molecule has 0 fully saturated rings. The van der Waals surface area contributed by atoms with Crippen LogP contribution < -0.4 is 20.3 Å². The Morgan fingerprint density at radius 3 is 2.57 bits per heavy atom. The van der Waals surface area contributed by atoms with E-state index < -0.39 is 6.10 Å². The number of halogens is 1. The van der Waals surface area contributed by atoms with E-state index in [0.717, 1.165) is 16.8 Å². The van der Waals surface area contributed by atoms with Gasteiger partial charge in [-0.3, -0.25) is 9.59 Å². The van der Waals surface area contributed by atoms with Crippen LogP contribution in [0.3, 0.4) is 0 Å². The molecule has 1 aliphatic rings. The number of para-hydroxylation sites is 2. The first kappa shape index (κ1) is 23.8. The number of amides is 2. The monoisotopic (exact) mass is 475 g/mol. The van der Waals surface area contributed by atoms with E-state index in [0.29, 0.717) is 29.4 Å². The van der Waals surface area contributed by atoms with Crippen molar-refractivity contribution >= 4 is 23.3 Å². The van der Waals surface area contributed by atoms with Crippen LogP contribution in [0, 0.1) is 31.0 Å². The highest BCUT2D eigenvalue weighted by Crippen LogP contribution is 2.33. The van der Waals surface area contributed by atoms with Crippen LogP contribution in [0.25, 0.3) is 0 Å². The molecule has 2 aromatic carbocycles. The quantitative estimate of drug-likeness (QED) is 0.571. The normalized spacial score (nSPS) is 14.5. The number of nitrogens with one attached hydrogen (secondary N) is 2. The highest BCUT2D eigenvalue weighted by molar-refractivity contribution is 5.95. The van der Waals surface area contributed by atoms with Crippen LogP contribution >= 0.6 is 0 Å². The molecule has 9 heteroatoms. The predicted molar refractivity (Wildman–Crippen MR) is 130 cm³/mol. The van der Waals surface area contributed by atoms with Crippen LogP contribution in [0.5, 0.6) is 5.75 Å². The van der Waals surface area contributed by atoms with Crippen molar-refractivity contribution in [2.24, 2.45) is 0 Å². The minimum atomic E-state index is -0.760. The molecule has 1 atom stereocenters. The molecule has 8 nitrogen and oxygen atoms in total. The molecule has 0 spiro atoms. The maximum absolute atomic E-state index is 13.4. The smallest absolute Gasteiger partial charge is 0.262 e. The maximum atomic E-state index is 13.4. The number of carbonyl (C=O) groups excluding carboxylic acids is 2. The van der Waals surface area contributed by atoms with Crippen LogP contribution in [-0.2, 0) is 16.1 Å². The molecule has 180 valence electrons. The van der Waals surface area contributed by atoms with Crippen molar-refractivity contribution in [2.75, 3.05) is 30.4 Å².